The second-order valence-electron chi connectivity index (χ2n) is 2.85. The van der Waals surface area contributed by atoms with Gasteiger partial charge in [-0.25, -0.2) is 4.89 Å². The van der Waals surface area contributed by atoms with Crippen LogP contribution in [-0.2, 0) is 4.89 Å². The first-order valence-corrected chi connectivity index (χ1v) is 3.82. The molecule has 0 spiro atoms. The van der Waals surface area contributed by atoms with Crippen molar-refractivity contribution in [1.29, 1.82) is 0 Å². The van der Waals surface area contributed by atoms with Crippen molar-refractivity contribution in [3.05, 3.63) is 12.2 Å². The van der Waals surface area contributed by atoms with Gasteiger partial charge in [0.05, 0.1) is 0 Å². The van der Waals surface area contributed by atoms with Crippen LogP contribution in [0.4, 0.5) is 0 Å². The maximum absolute atomic E-state index is 8.43. The van der Waals surface area contributed by atoms with Crippen LogP contribution in [0, 0.1) is 0 Å². The van der Waals surface area contributed by atoms with E-state index in [-0.39, 0.29) is 6.10 Å². The summed E-state index contributed by atoms with van der Waals surface area (Å²) in [5.74, 6) is 0. The molecule has 0 aromatic carbocycles. The number of rotatable bonds is 1. The van der Waals surface area contributed by atoms with Crippen LogP contribution in [0.15, 0.2) is 12.2 Å². The molecule has 0 radical (unpaired) electrons. The molecule has 1 unspecified atom stereocenters. The summed E-state index contributed by atoms with van der Waals surface area (Å²) in [6.45, 7) is 3.84. The Morgan fingerprint density at radius 3 is 2.90 bits per heavy atom. The zero-order valence-corrected chi connectivity index (χ0v) is 6.18. The normalized spacial score (nSPS) is 28.1. The molecule has 0 saturated heterocycles. The Morgan fingerprint density at radius 2 is 2.20 bits per heavy atom. The first kappa shape index (κ1) is 7.76. The largest absolute Gasteiger partial charge is 0.251 e. The summed E-state index contributed by atoms with van der Waals surface area (Å²) >= 11 is 0. The molecule has 1 aliphatic carbocycles. The number of hydrogen-bond donors (Lipinski definition) is 1. The summed E-state index contributed by atoms with van der Waals surface area (Å²) in [5, 5.41) is 8.43. The number of hydrogen-bond acceptors (Lipinski definition) is 2. The van der Waals surface area contributed by atoms with E-state index in [1.165, 1.54) is 12.8 Å². The highest BCUT2D eigenvalue weighted by atomic mass is 17.1. The van der Waals surface area contributed by atoms with Gasteiger partial charge in [0.15, 0.2) is 0 Å². The van der Waals surface area contributed by atoms with Gasteiger partial charge in [-0.15, -0.1) is 0 Å². The van der Waals surface area contributed by atoms with Crippen LogP contribution in [0.25, 0.3) is 0 Å². The van der Waals surface area contributed by atoms with Crippen molar-refractivity contribution in [1.82, 2.24) is 0 Å². The molecular weight excluding hydrogens is 128 g/mol. The molecule has 0 aliphatic heterocycles. The van der Waals surface area contributed by atoms with Crippen molar-refractivity contribution >= 4 is 0 Å². The lowest BCUT2D eigenvalue weighted by Gasteiger charge is -2.11. The van der Waals surface area contributed by atoms with Crippen molar-refractivity contribution in [3.63, 3.8) is 0 Å². The highest BCUT2D eigenvalue weighted by Gasteiger charge is 2.15. The topological polar surface area (TPSA) is 29.5 Å². The third-order valence-electron chi connectivity index (χ3n) is 2.05. The fourth-order valence-corrected chi connectivity index (χ4v) is 1.35. The van der Waals surface area contributed by atoms with Gasteiger partial charge in [0.2, 0.25) is 0 Å². The summed E-state index contributed by atoms with van der Waals surface area (Å²) in [6.07, 6.45) is 5.41. The molecule has 1 fully saturated rings. The standard InChI is InChI=1S/C8H14O2/c1-7-5-3-2-4-6-8(7)10-9/h8-9H,1-6H2. The maximum Gasteiger partial charge on any atom is 0.113 e. The van der Waals surface area contributed by atoms with E-state index in [4.69, 9.17) is 5.26 Å². The van der Waals surface area contributed by atoms with Crippen molar-refractivity contribution in [3.8, 4) is 0 Å². The maximum atomic E-state index is 8.43. The molecule has 10 heavy (non-hydrogen) atoms. The minimum Gasteiger partial charge on any atom is -0.251 e. The Hall–Kier alpha value is -0.340. The zero-order chi connectivity index (χ0) is 7.40. The van der Waals surface area contributed by atoms with Crippen LogP contribution in [0.2, 0.25) is 0 Å². The van der Waals surface area contributed by atoms with Crippen LogP contribution in [0.1, 0.15) is 32.1 Å². The van der Waals surface area contributed by atoms with Crippen molar-refractivity contribution in [2.45, 2.75) is 38.2 Å². The molecule has 1 N–H and O–H groups in total. The van der Waals surface area contributed by atoms with Gasteiger partial charge in [0.1, 0.15) is 6.10 Å². The van der Waals surface area contributed by atoms with Gasteiger partial charge in [0.25, 0.3) is 0 Å². The fraction of sp³-hybridized carbons (Fsp3) is 0.750. The molecule has 58 valence electrons. The average Bonchev–Trinajstić information content (AvgIpc) is 2.13. The van der Waals surface area contributed by atoms with E-state index < -0.39 is 0 Å². The van der Waals surface area contributed by atoms with Gasteiger partial charge in [-0.2, -0.15) is 0 Å². The van der Waals surface area contributed by atoms with E-state index in [1.54, 1.807) is 0 Å². The van der Waals surface area contributed by atoms with E-state index in [0.717, 1.165) is 24.8 Å². The second-order valence-corrected chi connectivity index (χ2v) is 2.85. The second kappa shape index (κ2) is 3.74. The lowest BCUT2D eigenvalue weighted by molar-refractivity contribution is -0.269. The quantitative estimate of drug-likeness (QED) is 0.263. The summed E-state index contributed by atoms with van der Waals surface area (Å²) in [4.78, 5) is 4.28. The van der Waals surface area contributed by atoms with Crippen molar-refractivity contribution in [2.24, 2.45) is 0 Å². The summed E-state index contributed by atoms with van der Waals surface area (Å²) in [7, 11) is 0. The van der Waals surface area contributed by atoms with E-state index in [1.807, 2.05) is 0 Å². The molecule has 0 aromatic rings. The molecule has 0 aromatic heterocycles. The van der Waals surface area contributed by atoms with Crippen molar-refractivity contribution < 1.29 is 10.1 Å². The molecule has 0 amide bonds. The molecule has 1 aliphatic rings. The Kier molecular flexibility index (Phi) is 2.90. The molecule has 1 rings (SSSR count). The van der Waals surface area contributed by atoms with Gasteiger partial charge < -0.3 is 0 Å². The molecule has 2 heteroatoms. The third-order valence-corrected chi connectivity index (χ3v) is 2.05. The zero-order valence-electron chi connectivity index (χ0n) is 6.18. The molecule has 0 bridgehead atoms. The highest BCUT2D eigenvalue weighted by molar-refractivity contribution is 5.03. The first-order valence-electron chi connectivity index (χ1n) is 3.82. The Balaban J connectivity index is 2.43. The van der Waals surface area contributed by atoms with Crippen LogP contribution in [-0.4, -0.2) is 11.4 Å². The average molecular weight is 142 g/mol. The monoisotopic (exact) mass is 142 g/mol. The summed E-state index contributed by atoms with van der Waals surface area (Å²) < 4.78 is 0. The Labute approximate surface area is 61.4 Å². The first-order chi connectivity index (χ1) is 4.84. The van der Waals surface area contributed by atoms with Crippen molar-refractivity contribution in [2.75, 3.05) is 0 Å². The van der Waals surface area contributed by atoms with E-state index >= 15 is 0 Å². The molecule has 0 heterocycles. The van der Waals surface area contributed by atoms with Crippen LogP contribution < -0.4 is 0 Å². The lowest BCUT2D eigenvalue weighted by Crippen LogP contribution is -2.11. The summed E-state index contributed by atoms with van der Waals surface area (Å²) in [5.41, 5.74) is 1.04. The third kappa shape index (κ3) is 1.82. The van der Waals surface area contributed by atoms with Crippen LogP contribution in [0.5, 0.6) is 0 Å². The predicted molar refractivity (Wildman–Crippen MR) is 39.7 cm³/mol. The van der Waals surface area contributed by atoms with E-state index in [9.17, 15) is 0 Å². The van der Waals surface area contributed by atoms with E-state index in [0.29, 0.717) is 0 Å². The lowest BCUT2D eigenvalue weighted by atomic mass is 10.1. The Bertz CT molecular complexity index is 120. The smallest absolute Gasteiger partial charge is 0.113 e. The minimum atomic E-state index is -0.0949. The molecule has 1 atom stereocenters. The minimum absolute atomic E-state index is 0.0949. The highest BCUT2D eigenvalue weighted by Crippen LogP contribution is 2.22. The molecular formula is C8H14O2. The van der Waals surface area contributed by atoms with Gasteiger partial charge >= 0.3 is 0 Å². The fourth-order valence-electron chi connectivity index (χ4n) is 1.35. The molecule has 1 saturated carbocycles. The van der Waals surface area contributed by atoms with Gasteiger partial charge in [0, 0.05) is 0 Å². The van der Waals surface area contributed by atoms with Gasteiger partial charge in [-0.1, -0.05) is 19.4 Å². The summed E-state index contributed by atoms with van der Waals surface area (Å²) in [6, 6.07) is 0. The van der Waals surface area contributed by atoms with Gasteiger partial charge in [-0.05, 0) is 24.8 Å². The Morgan fingerprint density at radius 1 is 1.40 bits per heavy atom. The SMILES string of the molecule is C=C1CCCCCC1OO. The molecule has 2 nitrogen and oxygen atoms in total. The van der Waals surface area contributed by atoms with Gasteiger partial charge in [-0.3, -0.25) is 5.26 Å². The predicted octanol–water partition coefficient (Wildman–Crippen LogP) is 2.36. The van der Waals surface area contributed by atoms with Crippen LogP contribution >= 0.6 is 0 Å². The van der Waals surface area contributed by atoms with E-state index in [2.05, 4.69) is 11.5 Å². The van der Waals surface area contributed by atoms with Crippen LogP contribution in [0.3, 0.4) is 0 Å².